The van der Waals surface area contributed by atoms with Crippen molar-refractivity contribution in [1.29, 1.82) is 0 Å². The topological polar surface area (TPSA) is 103 Å². The lowest BCUT2D eigenvalue weighted by molar-refractivity contribution is -0.575. The first-order chi connectivity index (χ1) is 14.1. The number of nitroso groups, excluding NO2 is 1. The summed E-state index contributed by atoms with van der Waals surface area (Å²) in [4.78, 5) is 35.9. The van der Waals surface area contributed by atoms with Gasteiger partial charge in [-0.1, -0.05) is 18.1 Å². The highest BCUT2D eigenvalue weighted by Crippen LogP contribution is 2.07. The van der Waals surface area contributed by atoms with E-state index in [0.29, 0.717) is 22.4 Å². The third-order valence-corrected chi connectivity index (χ3v) is 3.79. The molecule has 0 spiro atoms. The summed E-state index contributed by atoms with van der Waals surface area (Å²) in [5.74, 6) is 0.0296. The van der Waals surface area contributed by atoms with Gasteiger partial charge in [-0.15, -0.1) is 0 Å². The molecular formula is C23H48N5O3+. The molecule has 0 bridgehead atoms. The highest BCUT2D eigenvalue weighted by Gasteiger charge is 2.07. The number of nitrogens with zero attached hydrogens (tertiary/aromatic N) is 4. The van der Waals surface area contributed by atoms with Crippen molar-refractivity contribution >= 4 is 17.3 Å². The number of ketones is 2. The molecule has 0 aromatic rings. The second-order valence-corrected chi connectivity index (χ2v) is 6.87. The Balaban J connectivity index is -0.0000000970. The Morgan fingerprint density at radius 2 is 1.06 bits per heavy atom. The molecule has 0 fully saturated rings. The smallest absolute Gasteiger partial charge is 0.215 e. The maximum Gasteiger partial charge on any atom is 0.215 e. The van der Waals surface area contributed by atoms with Gasteiger partial charge in [0, 0.05) is 33.3 Å². The molecule has 1 N–H and O–H groups in total. The molecule has 8 heteroatoms. The molecule has 0 amide bonds. The number of allylic oxidation sites excluding steroid dienone is 4. The molecule has 0 radical (unpaired) electrons. The van der Waals surface area contributed by atoms with Crippen molar-refractivity contribution < 1.29 is 14.5 Å². The Labute approximate surface area is 191 Å². The van der Waals surface area contributed by atoms with E-state index >= 15 is 0 Å². The molecule has 0 aliphatic heterocycles. The maximum absolute atomic E-state index is 11.0. The number of carbonyl (C=O) groups excluding carboxylic acids is 2. The molecule has 0 aromatic carbocycles. The summed E-state index contributed by atoms with van der Waals surface area (Å²) in [5.41, 5.74) is 7.46. The lowest BCUT2D eigenvalue weighted by atomic mass is 10.0. The van der Waals surface area contributed by atoms with Crippen molar-refractivity contribution in [3.05, 3.63) is 27.2 Å². The van der Waals surface area contributed by atoms with Crippen molar-refractivity contribution in [2.75, 3.05) is 35.2 Å². The summed E-state index contributed by atoms with van der Waals surface area (Å²) < 4.78 is 0. The van der Waals surface area contributed by atoms with Crippen LogP contribution < -0.4 is 5.43 Å². The van der Waals surface area contributed by atoms with Crippen molar-refractivity contribution in [3.8, 4) is 0 Å². The van der Waals surface area contributed by atoms with Crippen LogP contribution in [0.2, 0.25) is 0 Å². The van der Waals surface area contributed by atoms with E-state index in [1.54, 1.807) is 49.0 Å². The van der Waals surface area contributed by atoms with Gasteiger partial charge in [-0.25, -0.2) is 0 Å². The summed E-state index contributed by atoms with van der Waals surface area (Å²) in [6.07, 6.45) is 0.469. The summed E-state index contributed by atoms with van der Waals surface area (Å²) >= 11 is 0. The zero-order chi connectivity index (χ0) is 26.2. The number of hydrazine groups is 1. The number of azo groups is 1. The molecule has 0 rings (SSSR count). The molecule has 0 unspecified atom stereocenters. The average Bonchev–Trinajstić information content (AvgIpc) is 2.73. The van der Waals surface area contributed by atoms with Crippen LogP contribution in [0.1, 0.15) is 75.7 Å². The second-order valence-electron chi connectivity index (χ2n) is 6.87. The number of hydrogen-bond acceptors (Lipinski definition) is 6. The first-order valence-corrected chi connectivity index (χ1v) is 10.1. The largest absolute Gasteiger partial charge is 0.298 e. The molecular weight excluding hydrogens is 394 g/mol. The van der Waals surface area contributed by atoms with Crippen molar-refractivity contribution in [2.45, 2.75) is 75.7 Å². The fourth-order valence-corrected chi connectivity index (χ4v) is 0.738. The predicted octanol–water partition coefficient (Wildman–Crippen LogP) is 5.58. The molecule has 182 valence electrons. The van der Waals surface area contributed by atoms with Crippen molar-refractivity contribution in [2.24, 2.45) is 15.2 Å². The van der Waals surface area contributed by atoms with Gasteiger partial charge in [0.1, 0.15) is 4.87 Å². The predicted molar refractivity (Wildman–Crippen MR) is 134 cm³/mol. The molecule has 31 heavy (non-hydrogen) atoms. The molecule has 0 aromatic heterocycles. The number of Topliss-reactive ketones (excluding diaryl/α,β-unsaturated/α-hetero) is 2. The Kier molecular flexibility index (Phi) is 34.6. The van der Waals surface area contributed by atoms with E-state index in [1.165, 1.54) is 25.1 Å². The van der Waals surface area contributed by atoms with Gasteiger partial charge in [0.25, 0.3) is 0 Å². The summed E-state index contributed by atoms with van der Waals surface area (Å²) in [6.45, 7) is 19.1. The van der Waals surface area contributed by atoms with Gasteiger partial charge in [0.15, 0.2) is 11.6 Å². The van der Waals surface area contributed by atoms with Gasteiger partial charge in [0.05, 0.1) is 12.0 Å². The standard InChI is InChI=1S/C9H14O2.C6H12.C4H9N.C2H7N2O.C2H6N2/c1-5-9(11)7(3)6(2)8(4)10;1-5(2)6(3)4;1-4(2)5-3;1-3-4(2)5;1-3-4-2/h5H2,1-4H3;1-4H3;1-3H3;1-2H3,(H,3,5);1-2H3/q;;;+1;/b7-6-;;;;. The highest BCUT2D eigenvalue weighted by atomic mass is 16.3. The lowest BCUT2D eigenvalue weighted by Crippen LogP contribution is -2.15. The summed E-state index contributed by atoms with van der Waals surface area (Å²) in [7, 11) is 8.02. The molecule has 0 saturated heterocycles. The normalized spacial score (nSPS) is 9.39. The molecule has 0 heterocycles. The zero-order valence-corrected chi connectivity index (χ0v) is 22.7. The van der Waals surface area contributed by atoms with Crippen LogP contribution in [0.15, 0.2) is 37.5 Å². The quantitative estimate of drug-likeness (QED) is 0.153. The fraction of sp³-hybridized carbons (Fsp3) is 0.696. The van der Waals surface area contributed by atoms with Crippen molar-refractivity contribution in [1.82, 2.24) is 5.43 Å². The van der Waals surface area contributed by atoms with Crippen LogP contribution in [0, 0.1) is 4.91 Å². The van der Waals surface area contributed by atoms with Crippen LogP contribution in [-0.2, 0) is 9.59 Å². The van der Waals surface area contributed by atoms with Crippen LogP contribution in [-0.4, -0.2) is 57.4 Å². The Bertz CT molecular complexity index is 605. The average molecular weight is 443 g/mol. The minimum atomic E-state index is -0.0238. The van der Waals surface area contributed by atoms with E-state index in [9.17, 15) is 14.5 Å². The van der Waals surface area contributed by atoms with Crippen LogP contribution in [0.4, 0.5) is 0 Å². The van der Waals surface area contributed by atoms with E-state index in [4.69, 9.17) is 0 Å². The highest BCUT2D eigenvalue weighted by molar-refractivity contribution is 6.04. The van der Waals surface area contributed by atoms with Gasteiger partial charge in [-0.3, -0.25) is 14.6 Å². The van der Waals surface area contributed by atoms with E-state index in [-0.39, 0.29) is 11.6 Å². The number of rotatable bonds is 4. The van der Waals surface area contributed by atoms with Gasteiger partial charge >= 0.3 is 0 Å². The Hall–Kier alpha value is -2.51. The minimum Gasteiger partial charge on any atom is -0.298 e. The van der Waals surface area contributed by atoms with Crippen LogP contribution in [0.25, 0.3) is 0 Å². The first kappa shape index (κ1) is 39.0. The number of carbonyl (C=O) groups is 2. The first-order valence-electron chi connectivity index (χ1n) is 10.1. The molecule has 0 aliphatic carbocycles. The third kappa shape index (κ3) is 42.5. The summed E-state index contributed by atoms with van der Waals surface area (Å²) in [6, 6.07) is 0. The summed E-state index contributed by atoms with van der Waals surface area (Å²) in [5, 5.41) is 6.72. The third-order valence-electron chi connectivity index (χ3n) is 3.79. The van der Waals surface area contributed by atoms with Crippen molar-refractivity contribution in [3.63, 3.8) is 0 Å². The molecule has 0 atom stereocenters. The maximum atomic E-state index is 11.0. The number of nitrogens with one attached hydrogen (secondary N) is 1. The van der Waals surface area contributed by atoms with Gasteiger partial charge in [0.2, 0.25) is 7.05 Å². The number of aliphatic imine (C=N–C) groups is 1. The van der Waals surface area contributed by atoms with Crippen LogP contribution >= 0.6 is 0 Å². The van der Waals surface area contributed by atoms with E-state index in [1.807, 2.05) is 13.8 Å². The number of hydrogen-bond donors (Lipinski definition) is 1. The second kappa shape index (κ2) is 27.5. The van der Waals surface area contributed by atoms with Crippen LogP contribution in [0.5, 0.6) is 0 Å². The fourth-order valence-electron chi connectivity index (χ4n) is 0.738. The zero-order valence-electron chi connectivity index (χ0n) is 22.7. The Morgan fingerprint density at radius 3 is 1.16 bits per heavy atom. The lowest BCUT2D eigenvalue weighted by Gasteiger charge is -2.00. The van der Waals surface area contributed by atoms with Gasteiger partial charge < -0.3 is 0 Å². The van der Waals surface area contributed by atoms with Gasteiger partial charge in [-0.05, 0) is 73.5 Å². The minimum absolute atomic E-state index is 0.0238. The van der Waals surface area contributed by atoms with Gasteiger partial charge in [-0.2, -0.15) is 15.7 Å². The molecule has 0 aliphatic rings. The van der Waals surface area contributed by atoms with E-state index < -0.39 is 0 Å². The molecule has 8 nitrogen and oxygen atoms in total. The van der Waals surface area contributed by atoms with Crippen LogP contribution in [0.3, 0.4) is 0 Å². The monoisotopic (exact) mass is 442 g/mol. The van der Waals surface area contributed by atoms with E-state index in [2.05, 4.69) is 48.3 Å². The van der Waals surface area contributed by atoms with E-state index in [0.717, 1.165) is 5.71 Å². The molecule has 0 saturated carbocycles. The SMILES string of the molecule is CC(C)=C(C)C.CCC(=O)/C(C)=C(/C)C(C)=O.CN=C(C)C.CN=NC.CN[N+](C)=O. The Morgan fingerprint density at radius 1 is 0.774 bits per heavy atom.